The lowest BCUT2D eigenvalue weighted by molar-refractivity contribution is -0.150. The van der Waals surface area contributed by atoms with Crippen LogP contribution in [0.5, 0.6) is 0 Å². The van der Waals surface area contributed by atoms with E-state index in [0.29, 0.717) is 38.6 Å². The van der Waals surface area contributed by atoms with Gasteiger partial charge in [0.15, 0.2) is 0 Å². The molecule has 2 saturated heterocycles. The molecule has 1 aliphatic carbocycles. The molecule has 17 nitrogen and oxygen atoms in total. The number of methoxy groups -OCH3 is 2. The molecule has 1 aromatic carbocycles. The maximum absolute atomic E-state index is 14.8. The Bertz CT molecular complexity index is 2110. The fourth-order valence-electron chi connectivity index (χ4n) is 11.2. The van der Waals surface area contributed by atoms with Gasteiger partial charge in [-0.2, -0.15) is 0 Å². The van der Waals surface area contributed by atoms with Crippen molar-refractivity contribution in [3.63, 3.8) is 0 Å². The van der Waals surface area contributed by atoms with Crippen molar-refractivity contribution in [1.82, 2.24) is 30.2 Å². The van der Waals surface area contributed by atoms with Crippen LogP contribution in [0.25, 0.3) is 0 Å². The van der Waals surface area contributed by atoms with Crippen LogP contribution in [-0.2, 0) is 54.3 Å². The molecule has 74 heavy (non-hydrogen) atoms. The number of aliphatic carboxylic acids is 1. The number of carboxylic acid groups (broad SMARTS) is 1. The van der Waals surface area contributed by atoms with E-state index in [1.807, 2.05) is 41.5 Å². The summed E-state index contributed by atoms with van der Waals surface area (Å²) < 4.78 is 26.6. The van der Waals surface area contributed by atoms with Gasteiger partial charge in [-0.25, -0.2) is 9.18 Å². The zero-order valence-electron chi connectivity index (χ0n) is 46.3. The predicted molar refractivity (Wildman–Crippen MR) is 282 cm³/mol. The summed E-state index contributed by atoms with van der Waals surface area (Å²) in [6.45, 7) is 17.4. The Morgan fingerprint density at radius 3 is 2.15 bits per heavy atom. The first-order valence-corrected chi connectivity index (χ1v) is 27.9. The van der Waals surface area contributed by atoms with Gasteiger partial charge in [0.2, 0.25) is 41.4 Å². The number of nitrogens with zero attached hydrogens (tertiary/aromatic N) is 4. The zero-order chi connectivity index (χ0) is 55.3. The van der Waals surface area contributed by atoms with E-state index in [9.17, 15) is 47.9 Å². The summed E-state index contributed by atoms with van der Waals surface area (Å²) in [5.41, 5.74) is 0.147. The van der Waals surface area contributed by atoms with Gasteiger partial charge in [0.1, 0.15) is 23.9 Å². The molecular weight excluding hydrogens is 972 g/mol. The number of piperidine rings is 1. The summed E-state index contributed by atoms with van der Waals surface area (Å²) in [6.07, 6.45) is 3.34. The van der Waals surface area contributed by atoms with Crippen molar-refractivity contribution in [3.05, 3.63) is 35.6 Å². The van der Waals surface area contributed by atoms with Gasteiger partial charge in [0, 0.05) is 60.2 Å². The quantitative estimate of drug-likeness (QED) is 0.0582. The molecule has 3 aliphatic rings. The van der Waals surface area contributed by atoms with Crippen molar-refractivity contribution in [2.75, 3.05) is 40.6 Å². The van der Waals surface area contributed by atoms with Gasteiger partial charge in [0.25, 0.3) is 0 Å². The molecule has 13 atom stereocenters. The van der Waals surface area contributed by atoms with Crippen molar-refractivity contribution < 1.29 is 57.3 Å². The van der Waals surface area contributed by atoms with Crippen LogP contribution < -0.4 is 10.6 Å². The summed E-state index contributed by atoms with van der Waals surface area (Å²) in [6, 6.07) is 1.25. The second kappa shape index (κ2) is 28.5. The molecule has 416 valence electrons. The monoisotopic (exact) mass is 1060 g/mol. The molecule has 3 fully saturated rings. The predicted octanol–water partition coefficient (Wildman–Crippen LogP) is 5.95. The number of fused-ring (bicyclic) bond motifs is 1. The molecule has 1 saturated carbocycles. The molecule has 0 aromatic heterocycles. The molecule has 2 heterocycles. The maximum atomic E-state index is 14.8. The molecule has 7 amide bonds. The number of thioether (sulfide) groups is 1. The molecule has 4 unspecified atom stereocenters. The van der Waals surface area contributed by atoms with Gasteiger partial charge in [-0.05, 0) is 72.7 Å². The van der Waals surface area contributed by atoms with Gasteiger partial charge < -0.3 is 39.9 Å². The van der Waals surface area contributed by atoms with Crippen LogP contribution in [0.1, 0.15) is 132 Å². The van der Waals surface area contributed by atoms with E-state index in [4.69, 9.17) is 9.47 Å². The van der Waals surface area contributed by atoms with Crippen LogP contribution in [0.4, 0.5) is 4.39 Å². The number of likely N-dealkylation sites (tertiary alicyclic amines) is 2. The smallest absolute Gasteiger partial charge is 0.326 e. The van der Waals surface area contributed by atoms with Gasteiger partial charge in [0.05, 0.1) is 41.9 Å². The molecule has 0 spiro atoms. The van der Waals surface area contributed by atoms with Crippen molar-refractivity contribution in [1.29, 1.82) is 0 Å². The number of benzene rings is 1. The minimum absolute atomic E-state index is 0.107. The molecular formula is C55H87FN6O11S. The first-order valence-electron chi connectivity index (χ1n) is 26.9. The standard InChI is InChI=1S/C55H87FN6O11S/c1-14-16-26-74-42-30-44(64)61(53(42)68)25-21-17-18-24-43(63)59(10)47(32(5)6)52(67)58-46(31(3)4)54(69)60(11)48(33(7)15-2)41(72-12)29-45(65)62-40(28-37-34(8)49(37)62)50(73-13)35(9)51(66)57-39(55(70)71)27-36-22-19-20-23-38(36)56/h19-20,22-23,31-35,37,39-42,46-50H,14-18,21,24-30H2,1-13H3,(H,57,66)(H,58,67)(H,70,71)/t33-,34-,35+,37?,39-,40-,41+,42?,46-,47?,48-,49?,50+/m0/s1. The number of nitrogens with one attached hydrogen (secondary N) is 2. The number of halogens is 1. The van der Waals surface area contributed by atoms with Gasteiger partial charge in [-0.15, -0.1) is 11.8 Å². The minimum Gasteiger partial charge on any atom is -0.480 e. The van der Waals surface area contributed by atoms with E-state index in [1.165, 1.54) is 42.2 Å². The van der Waals surface area contributed by atoms with Crippen LogP contribution in [0.3, 0.4) is 0 Å². The zero-order valence-corrected chi connectivity index (χ0v) is 47.1. The third-order valence-electron chi connectivity index (χ3n) is 15.9. The summed E-state index contributed by atoms with van der Waals surface area (Å²) in [7, 11) is 6.20. The van der Waals surface area contributed by atoms with E-state index in [2.05, 4.69) is 24.5 Å². The lowest BCUT2D eigenvalue weighted by Crippen LogP contribution is -2.60. The molecule has 0 bridgehead atoms. The number of unbranched alkanes of at least 4 members (excludes halogenated alkanes) is 3. The molecule has 3 N–H and O–H groups in total. The third kappa shape index (κ3) is 15.3. The molecule has 4 rings (SSSR count). The number of carbonyl (C=O) groups is 8. The number of imide groups is 1. The number of hydrogen-bond acceptors (Lipinski definition) is 11. The van der Waals surface area contributed by atoms with Gasteiger partial charge >= 0.3 is 5.97 Å². The van der Waals surface area contributed by atoms with Crippen molar-refractivity contribution >= 4 is 59.1 Å². The lowest BCUT2D eigenvalue weighted by atomic mass is 9.89. The van der Waals surface area contributed by atoms with E-state index in [1.54, 1.807) is 48.6 Å². The number of ether oxygens (including phenoxy) is 2. The van der Waals surface area contributed by atoms with E-state index >= 15 is 0 Å². The van der Waals surface area contributed by atoms with E-state index in [-0.39, 0.29) is 102 Å². The first-order chi connectivity index (χ1) is 35.0. The average Bonchev–Trinajstić information content (AvgIpc) is 3.64. The van der Waals surface area contributed by atoms with Gasteiger partial charge in [-0.3, -0.25) is 38.5 Å². The average molecular weight is 1060 g/mol. The Morgan fingerprint density at radius 1 is 0.892 bits per heavy atom. The number of hydrogen-bond donors (Lipinski definition) is 3. The summed E-state index contributed by atoms with van der Waals surface area (Å²) in [5.74, 6) is -4.64. The third-order valence-corrected chi connectivity index (χ3v) is 17.2. The summed E-state index contributed by atoms with van der Waals surface area (Å²) >= 11 is 1.54. The highest BCUT2D eigenvalue weighted by atomic mass is 32.2. The fraction of sp³-hybridized carbons (Fsp3) is 0.745. The maximum Gasteiger partial charge on any atom is 0.326 e. The van der Waals surface area contributed by atoms with Crippen LogP contribution in [0, 0.1) is 41.3 Å². The number of likely N-dealkylation sites (N-methyl/N-ethyl adjacent to an activating group) is 2. The first kappa shape index (κ1) is 61.9. The molecule has 0 radical (unpaired) electrons. The summed E-state index contributed by atoms with van der Waals surface area (Å²) in [5, 5.41) is 15.2. The Morgan fingerprint density at radius 2 is 1.57 bits per heavy atom. The Kier molecular flexibility index (Phi) is 23.8. The Hall–Kier alpha value is -4.62. The largest absolute Gasteiger partial charge is 0.480 e. The highest BCUT2D eigenvalue weighted by Gasteiger charge is 2.62. The Balaban J connectivity index is 1.42. The van der Waals surface area contributed by atoms with Gasteiger partial charge in [-0.1, -0.05) is 99.8 Å². The minimum atomic E-state index is -1.41. The Labute approximate surface area is 443 Å². The second-order valence-corrected chi connectivity index (χ2v) is 23.0. The number of amides is 7. The molecule has 2 aliphatic heterocycles. The van der Waals surface area contributed by atoms with Crippen molar-refractivity contribution in [2.24, 2.45) is 35.5 Å². The van der Waals surface area contributed by atoms with E-state index < -0.39 is 71.9 Å². The van der Waals surface area contributed by atoms with Crippen molar-refractivity contribution in [3.8, 4) is 0 Å². The van der Waals surface area contributed by atoms with Crippen LogP contribution in [0.15, 0.2) is 24.3 Å². The topological polar surface area (TPSA) is 212 Å². The fourth-order valence-corrected chi connectivity index (χ4v) is 12.4. The number of carbonyl (C=O) groups excluding carboxylic acids is 7. The highest BCUT2D eigenvalue weighted by Crippen LogP contribution is 2.55. The lowest BCUT2D eigenvalue weighted by Gasteiger charge is -2.41. The second-order valence-electron chi connectivity index (χ2n) is 21.6. The van der Waals surface area contributed by atoms with E-state index in [0.717, 1.165) is 18.6 Å². The van der Waals surface area contributed by atoms with Crippen LogP contribution in [-0.4, -0.2) is 166 Å². The van der Waals surface area contributed by atoms with Crippen molar-refractivity contribution in [2.45, 2.75) is 187 Å². The van der Waals surface area contributed by atoms with Crippen LogP contribution in [0.2, 0.25) is 0 Å². The number of rotatable bonds is 31. The normalized spacial score (nSPS) is 22.6. The SMILES string of the molecule is CCCCSC1CC(=O)N(CCCCCC(=O)N(C)C(C(=O)N[C@H](C(=O)N(C)[C@@H]([C@@H](C)CC)[C@@H](CC(=O)N2C3C(C[C@H]2[C@H](OC)[C@@H](C)C(=O)N[C@@H](Cc2ccccc2F)C(=O)O)[C@@H]3C)OC)C(C)C)C(C)C)C1=O. The summed E-state index contributed by atoms with van der Waals surface area (Å²) in [4.78, 5) is 115. The van der Waals surface area contributed by atoms with Crippen LogP contribution >= 0.6 is 11.8 Å². The number of carboxylic acids is 1. The molecule has 1 aromatic rings. The molecule has 19 heteroatoms. The highest BCUT2D eigenvalue weighted by molar-refractivity contribution is 8.00.